The van der Waals surface area contributed by atoms with Gasteiger partial charge in [0.05, 0.1) is 6.04 Å². The number of aromatic nitrogens is 1. The smallest absolute Gasteiger partial charge is 0.345 e. The number of carboxylic acid groups (broad SMARTS) is 1. The van der Waals surface area contributed by atoms with Crippen LogP contribution in [0.1, 0.15) is 90.4 Å². The third-order valence-corrected chi connectivity index (χ3v) is 8.02. The summed E-state index contributed by atoms with van der Waals surface area (Å²) in [5.41, 5.74) is 8.17. The molecule has 0 aliphatic carbocycles. The highest BCUT2D eigenvalue weighted by Gasteiger charge is 2.24. The van der Waals surface area contributed by atoms with E-state index in [4.69, 9.17) is 4.74 Å². The summed E-state index contributed by atoms with van der Waals surface area (Å²) in [6.45, 7) is 16.7. The Morgan fingerprint density at radius 2 is 1.61 bits per heavy atom. The highest BCUT2D eigenvalue weighted by Crippen LogP contribution is 2.30. The molecule has 6 nitrogen and oxygen atoms in total. The fourth-order valence-corrected chi connectivity index (χ4v) is 5.21. The summed E-state index contributed by atoms with van der Waals surface area (Å²) in [5.74, 6) is -0.213. The Morgan fingerprint density at radius 1 is 0.902 bits per heavy atom. The van der Waals surface area contributed by atoms with Gasteiger partial charge in [-0.15, -0.1) is 0 Å². The van der Waals surface area contributed by atoms with Crippen molar-refractivity contribution in [2.24, 2.45) is 5.92 Å². The predicted molar refractivity (Wildman–Crippen MR) is 165 cm³/mol. The molecule has 216 valence electrons. The first kappa shape index (κ1) is 29.9. The van der Waals surface area contributed by atoms with Crippen LogP contribution in [0.4, 0.5) is 0 Å². The predicted octanol–water partition coefficient (Wildman–Crippen LogP) is 7.72. The second kappa shape index (κ2) is 12.2. The van der Waals surface area contributed by atoms with Crippen LogP contribution in [-0.2, 0) is 11.3 Å². The van der Waals surface area contributed by atoms with Crippen molar-refractivity contribution in [3.63, 3.8) is 0 Å². The second-order valence-electron chi connectivity index (χ2n) is 11.8. The molecular weight excluding hydrogens is 512 g/mol. The molecule has 3 aromatic carbocycles. The fraction of sp³-hybridized carbons (Fsp3) is 0.371. The molecule has 4 aromatic rings. The van der Waals surface area contributed by atoms with E-state index in [1.807, 2.05) is 70.2 Å². The monoisotopic (exact) mass is 554 g/mol. The Bertz CT molecular complexity index is 1580. The maximum atomic E-state index is 13.3. The van der Waals surface area contributed by atoms with E-state index < -0.39 is 12.1 Å². The summed E-state index contributed by atoms with van der Waals surface area (Å²) in [5, 5.41) is 13.8. The van der Waals surface area contributed by atoms with Gasteiger partial charge in [0.1, 0.15) is 5.75 Å². The van der Waals surface area contributed by atoms with E-state index >= 15 is 0 Å². The van der Waals surface area contributed by atoms with Gasteiger partial charge in [0, 0.05) is 34.6 Å². The zero-order valence-electron chi connectivity index (χ0n) is 25.4. The van der Waals surface area contributed by atoms with E-state index in [0.717, 1.165) is 38.9 Å². The average Bonchev–Trinajstić information content (AvgIpc) is 3.16. The van der Waals surface area contributed by atoms with Gasteiger partial charge in [-0.25, -0.2) is 4.79 Å². The summed E-state index contributed by atoms with van der Waals surface area (Å²) < 4.78 is 8.17. The van der Waals surface area contributed by atoms with Crippen molar-refractivity contribution < 1.29 is 19.4 Å². The number of ether oxygens (including phenoxy) is 1. The van der Waals surface area contributed by atoms with Crippen LogP contribution in [0.5, 0.6) is 5.75 Å². The van der Waals surface area contributed by atoms with Crippen LogP contribution in [0, 0.1) is 26.7 Å². The van der Waals surface area contributed by atoms with Gasteiger partial charge in [-0.1, -0.05) is 64.1 Å². The van der Waals surface area contributed by atoms with Crippen molar-refractivity contribution in [3.05, 3.63) is 99.7 Å². The molecule has 0 bridgehead atoms. The normalized spacial score (nSPS) is 13.0. The number of benzene rings is 3. The number of fused-ring (bicyclic) bond motifs is 1. The van der Waals surface area contributed by atoms with Crippen LogP contribution in [0.15, 0.2) is 60.7 Å². The molecule has 4 rings (SSSR count). The van der Waals surface area contributed by atoms with Crippen molar-refractivity contribution >= 4 is 22.8 Å². The third-order valence-electron chi connectivity index (χ3n) is 8.02. The minimum absolute atomic E-state index is 0.0994. The number of nitrogens with one attached hydrogen (secondary N) is 1. The topological polar surface area (TPSA) is 80.6 Å². The van der Waals surface area contributed by atoms with Crippen LogP contribution in [0.3, 0.4) is 0 Å². The number of aryl methyl sites for hydroxylation is 2. The average molecular weight is 555 g/mol. The fourth-order valence-electron chi connectivity index (χ4n) is 5.21. The van der Waals surface area contributed by atoms with Crippen molar-refractivity contribution in [1.82, 2.24) is 9.88 Å². The van der Waals surface area contributed by atoms with Gasteiger partial charge in [-0.05, 0) is 85.7 Å². The van der Waals surface area contributed by atoms with Gasteiger partial charge in [0.2, 0.25) is 0 Å². The number of hydrogen-bond acceptors (Lipinski definition) is 3. The van der Waals surface area contributed by atoms with Gasteiger partial charge in [0.15, 0.2) is 6.10 Å². The number of aliphatic carboxylic acids is 1. The zero-order chi connectivity index (χ0) is 30.0. The summed E-state index contributed by atoms with van der Waals surface area (Å²) in [6.07, 6.45) is -0.910. The van der Waals surface area contributed by atoms with E-state index in [9.17, 15) is 14.7 Å². The van der Waals surface area contributed by atoms with Crippen LogP contribution >= 0.6 is 0 Å². The molecule has 1 aromatic heterocycles. The first-order chi connectivity index (χ1) is 19.4. The van der Waals surface area contributed by atoms with Crippen LogP contribution in [-0.4, -0.2) is 27.7 Å². The van der Waals surface area contributed by atoms with Crippen LogP contribution in [0.2, 0.25) is 0 Å². The summed E-state index contributed by atoms with van der Waals surface area (Å²) in [4.78, 5) is 25.0. The Hall–Kier alpha value is -4.06. The molecule has 0 saturated carbocycles. The zero-order valence-corrected chi connectivity index (χ0v) is 25.4. The Morgan fingerprint density at radius 3 is 2.27 bits per heavy atom. The van der Waals surface area contributed by atoms with E-state index in [0.29, 0.717) is 23.8 Å². The highest BCUT2D eigenvalue weighted by molar-refractivity contribution is 5.99. The minimum atomic E-state index is -0.967. The molecule has 41 heavy (non-hydrogen) atoms. The van der Waals surface area contributed by atoms with Gasteiger partial charge in [0.25, 0.3) is 5.91 Å². The van der Waals surface area contributed by atoms with Gasteiger partial charge in [-0.2, -0.15) is 0 Å². The standard InChI is InChI=1S/C35H42N2O4/c1-20(2)27-10-9-11-28(17-27)24(7)36-34(38)29-14-15-31-30(18-29)23(6)25(8)37(31)19-26-13-12-22(5)32(16-26)41-33(21(3)4)35(39)40/h9-18,20-21,24,33H,19H2,1-8H3,(H,36,38)(H,39,40)/t24-,33-/m0/s1. The number of amides is 1. The number of rotatable bonds is 10. The number of carbonyl (C=O) groups is 2. The molecule has 0 fully saturated rings. The van der Waals surface area contributed by atoms with Crippen LogP contribution < -0.4 is 10.1 Å². The lowest BCUT2D eigenvalue weighted by Gasteiger charge is -2.20. The minimum Gasteiger partial charge on any atom is -0.478 e. The summed E-state index contributed by atoms with van der Waals surface area (Å²) in [7, 11) is 0. The molecule has 2 N–H and O–H groups in total. The van der Waals surface area contributed by atoms with E-state index in [1.54, 1.807) is 0 Å². The number of carbonyl (C=O) groups excluding carboxylic acids is 1. The SMILES string of the molecule is Cc1ccc(Cn2c(C)c(C)c3cc(C(=O)N[C@@H](C)c4cccc(C(C)C)c4)ccc32)cc1O[C@H](C(=O)O)C(C)C. The number of hydrogen-bond donors (Lipinski definition) is 2. The Kier molecular flexibility index (Phi) is 8.91. The molecule has 6 heteroatoms. The second-order valence-corrected chi connectivity index (χ2v) is 11.8. The Balaban J connectivity index is 1.58. The molecule has 0 spiro atoms. The highest BCUT2D eigenvalue weighted by atomic mass is 16.5. The number of nitrogens with zero attached hydrogens (tertiary/aromatic N) is 1. The first-order valence-corrected chi connectivity index (χ1v) is 14.4. The van der Waals surface area contributed by atoms with E-state index in [1.165, 1.54) is 5.56 Å². The number of carboxylic acids is 1. The largest absolute Gasteiger partial charge is 0.478 e. The molecule has 0 saturated heterocycles. The summed E-state index contributed by atoms with van der Waals surface area (Å²) >= 11 is 0. The molecule has 2 atom stereocenters. The van der Waals surface area contributed by atoms with Crippen molar-refractivity contribution in [3.8, 4) is 5.75 Å². The lowest BCUT2D eigenvalue weighted by molar-refractivity contribution is -0.147. The van der Waals surface area contributed by atoms with Crippen molar-refractivity contribution in [2.75, 3.05) is 0 Å². The maximum absolute atomic E-state index is 13.3. The van der Waals surface area contributed by atoms with Crippen molar-refractivity contribution in [1.29, 1.82) is 0 Å². The van der Waals surface area contributed by atoms with Gasteiger partial charge in [-0.3, -0.25) is 4.79 Å². The van der Waals surface area contributed by atoms with Gasteiger partial charge >= 0.3 is 5.97 Å². The molecule has 1 heterocycles. The lowest BCUT2D eigenvalue weighted by Crippen LogP contribution is -2.32. The first-order valence-electron chi connectivity index (χ1n) is 14.4. The molecule has 0 radical (unpaired) electrons. The Labute approximate surface area is 243 Å². The maximum Gasteiger partial charge on any atom is 0.345 e. The molecular formula is C35H42N2O4. The molecule has 0 aliphatic heterocycles. The van der Waals surface area contributed by atoms with E-state index in [2.05, 4.69) is 55.8 Å². The summed E-state index contributed by atoms with van der Waals surface area (Å²) in [6, 6.07) is 20.1. The third kappa shape index (κ3) is 6.48. The quantitative estimate of drug-likeness (QED) is 0.210. The van der Waals surface area contributed by atoms with Crippen LogP contribution in [0.25, 0.3) is 10.9 Å². The molecule has 0 aliphatic rings. The lowest BCUT2D eigenvalue weighted by atomic mass is 9.98. The van der Waals surface area contributed by atoms with Crippen molar-refractivity contribution in [2.45, 2.75) is 80.0 Å². The van der Waals surface area contributed by atoms with Gasteiger partial charge < -0.3 is 19.7 Å². The molecule has 0 unspecified atom stereocenters. The van der Waals surface area contributed by atoms with E-state index in [-0.39, 0.29) is 17.9 Å². The molecule has 1 amide bonds.